The average molecular weight is 128 g/mol. The second-order valence-electron chi connectivity index (χ2n) is 1.98. The van der Waals surface area contributed by atoms with Crippen LogP contribution in [0, 0.1) is 0 Å². The third-order valence-corrected chi connectivity index (χ3v) is 0.969. The molecule has 2 N–H and O–H groups in total. The first-order valence-electron chi connectivity index (χ1n) is 3.28. The summed E-state index contributed by atoms with van der Waals surface area (Å²) in [5, 5.41) is 16.7. The van der Waals surface area contributed by atoms with Gasteiger partial charge in [0.15, 0.2) is 0 Å². The Morgan fingerprint density at radius 3 is 2.44 bits per heavy atom. The third-order valence-electron chi connectivity index (χ3n) is 0.969. The number of rotatable bonds is 4. The zero-order valence-corrected chi connectivity index (χ0v) is 5.75. The van der Waals surface area contributed by atoms with E-state index in [0.717, 1.165) is 12.8 Å². The average Bonchev–Trinajstić information content (AvgIpc) is 1.80. The Kier molecular flexibility index (Phi) is 5.68. The number of allylic oxidation sites excluding steroid dienone is 2. The Bertz CT molecular complexity index is 81.1. The summed E-state index contributed by atoms with van der Waals surface area (Å²) in [6.45, 7) is 2.08. The fourth-order valence-electron chi connectivity index (χ4n) is 0.502. The smallest absolute Gasteiger partial charge is 0.427 e. The van der Waals surface area contributed by atoms with Crippen molar-refractivity contribution in [3.63, 3.8) is 0 Å². The summed E-state index contributed by atoms with van der Waals surface area (Å²) in [6.07, 6.45) is 6.22. The Labute approximate surface area is 56.4 Å². The second-order valence-corrected chi connectivity index (χ2v) is 1.98. The van der Waals surface area contributed by atoms with E-state index in [0.29, 0.717) is 6.32 Å². The molecule has 0 aliphatic rings. The van der Waals surface area contributed by atoms with Gasteiger partial charge in [-0.25, -0.2) is 0 Å². The van der Waals surface area contributed by atoms with Gasteiger partial charge < -0.3 is 10.0 Å². The lowest BCUT2D eigenvalue weighted by molar-refractivity contribution is 0.411. The van der Waals surface area contributed by atoms with Crippen LogP contribution in [0.5, 0.6) is 0 Å². The molecule has 0 aromatic carbocycles. The molecule has 0 amide bonds. The predicted octanol–water partition coefficient (Wildman–Crippen LogP) is 0.815. The van der Waals surface area contributed by atoms with Crippen molar-refractivity contribution in [3.05, 3.63) is 12.2 Å². The molecule has 0 spiro atoms. The van der Waals surface area contributed by atoms with Crippen LogP contribution in [0.1, 0.15) is 19.8 Å². The molecule has 0 saturated carbocycles. The van der Waals surface area contributed by atoms with Crippen LogP contribution in [0.3, 0.4) is 0 Å². The van der Waals surface area contributed by atoms with Gasteiger partial charge in [0, 0.05) is 0 Å². The van der Waals surface area contributed by atoms with Crippen LogP contribution in [-0.4, -0.2) is 17.2 Å². The number of hydrogen-bond donors (Lipinski definition) is 2. The molecule has 9 heavy (non-hydrogen) atoms. The molecular weight excluding hydrogens is 115 g/mol. The summed E-state index contributed by atoms with van der Waals surface area (Å²) >= 11 is 0. The SMILES string of the molecule is CCC/C=C/CB(O)O. The highest BCUT2D eigenvalue weighted by molar-refractivity contribution is 6.41. The van der Waals surface area contributed by atoms with Crippen LogP contribution < -0.4 is 0 Å². The first kappa shape index (κ1) is 8.72. The van der Waals surface area contributed by atoms with E-state index >= 15 is 0 Å². The van der Waals surface area contributed by atoms with E-state index in [1.807, 2.05) is 6.08 Å². The molecule has 0 aromatic heterocycles. The summed E-state index contributed by atoms with van der Waals surface area (Å²) < 4.78 is 0. The summed E-state index contributed by atoms with van der Waals surface area (Å²) in [6, 6.07) is 0. The highest BCUT2D eigenvalue weighted by Crippen LogP contribution is 1.92. The van der Waals surface area contributed by atoms with Crippen molar-refractivity contribution in [3.8, 4) is 0 Å². The van der Waals surface area contributed by atoms with E-state index < -0.39 is 7.12 Å². The molecular formula is C6H13BO2. The standard InChI is InChI=1S/C6H13BO2/c1-2-3-4-5-6-7(8)9/h4-5,8-9H,2-3,6H2,1H3/b5-4+. The molecule has 0 aliphatic heterocycles. The number of hydrogen-bond acceptors (Lipinski definition) is 2. The highest BCUT2D eigenvalue weighted by Gasteiger charge is 1.99. The Morgan fingerprint density at radius 1 is 1.33 bits per heavy atom. The normalized spacial score (nSPS) is 10.6. The molecule has 0 saturated heterocycles. The van der Waals surface area contributed by atoms with Crippen molar-refractivity contribution < 1.29 is 10.0 Å². The lowest BCUT2D eigenvalue weighted by atomic mass is 9.86. The zero-order chi connectivity index (χ0) is 7.11. The lowest BCUT2D eigenvalue weighted by Crippen LogP contribution is -2.07. The van der Waals surface area contributed by atoms with Crippen molar-refractivity contribution >= 4 is 7.12 Å². The van der Waals surface area contributed by atoms with Crippen molar-refractivity contribution in [2.24, 2.45) is 0 Å². The maximum Gasteiger partial charge on any atom is 0.455 e. The molecule has 0 unspecified atom stereocenters. The van der Waals surface area contributed by atoms with Crippen LogP contribution in [0.2, 0.25) is 6.32 Å². The van der Waals surface area contributed by atoms with Crippen LogP contribution in [0.25, 0.3) is 0 Å². The Balaban J connectivity index is 3.04. The maximum absolute atomic E-state index is 8.36. The molecule has 0 bridgehead atoms. The monoisotopic (exact) mass is 128 g/mol. The summed E-state index contributed by atoms with van der Waals surface area (Å²) in [5.74, 6) is 0. The van der Waals surface area contributed by atoms with Gasteiger partial charge >= 0.3 is 7.12 Å². The third kappa shape index (κ3) is 7.72. The fourth-order valence-corrected chi connectivity index (χ4v) is 0.502. The van der Waals surface area contributed by atoms with Crippen LogP contribution in [0.4, 0.5) is 0 Å². The molecule has 0 rings (SSSR count). The lowest BCUT2D eigenvalue weighted by Gasteiger charge is -1.88. The molecule has 0 atom stereocenters. The van der Waals surface area contributed by atoms with Crippen molar-refractivity contribution in [2.75, 3.05) is 0 Å². The summed E-state index contributed by atoms with van der Waals surface area (Å²) in [5.41, 5.74) is 0. The fraction of sp³-hybridized carbons (Fsp3) is 0.667. The van der Waals surface area contributed by atoms with Gasteiger partial charge in [-0.15, -0.1) is 0 Å². The van der Waals surface area contributed by atoms with Gasteiger partial charge in [0.25, 0.3) is 0 Å². The second kappa shape index (κ2) is 5.85. The van der Waals surface area contributed by atoms with E-state index in [1.165, 1.54) is 0 Å². The summed E-state index contributed by atoms with van der Waals surface area (Å²) in [7, 11) is -1.18. The molecule has 0 heterocycles. The quantitative estimate of drug-likeness (QED) is 0.434. The van der Waals surface area contributed by atoms with E-state index in [2.05, 4.69) is 6.92 Å². The molecule has 52 valence electrons. The van der Waals surface area contributed by atoms with Crippen molar-refractivity contribution in [1.82, 2.24) is 0 Å². The van der Waals surface area contributed by atoms with Crippen LogP contribution >= 0.6 is 0 Å². The van der Waals surface area contributed by atoms with Gasteiger partial charge in [0.05, 0.1) is 0 Å². The molecule has 0 fully saturated rings. The molecule has 2 nitrogen and oxygen atoms in total. The largest absolute Gasteiger partial charge is 0.455 e. The first-order valence-corrected chi connectivity index (χ1v) is 3.28. The van der Waals surface area contributed by atoms with Gasteiger partial charge in [-0.1, -0.05) is 25.5 Å². The van der Waals surface area contributed by atoms with E-state index in [9.17, 15) is 0 Å². The number of unbranched alkanes of at least 4 members (excludes halogenated alkanes) is 1. The van der Waals surface area contributed by atoms with Gasteiger partial charge in [0.1, 0.15) is 0 Å². The maximum atomic E-state index is 8.36. The molecule has 0 aromatic rings. The minimum atomic E-state index is -1.18. The van der Waals surface area contributed by atoms with Crippen molar-refractivity contribution in [1.29, 1.82) is 0 Å². The molecule has 0 aliphatic carbocycles. The van der Waals surface area contributed by atoms with Gasteiger partial charge in [-0.3, -0.25) is 0 Å². The first-order chi connectivity index (χ1) is 4.27. The highest BCUT2D eigenvalue weighted by atomic mass is 16.4. The van der Waals surface area contributed by atoms with E-state index in [1.54, 1.807) is 6.08 Å². The van der Waals surface area contributed by atoms with Crippen LogP contribution in [0.15, 0.2) is 12.2 Å². The predicted molar refractivity (Wildman–Crippen MR) is 39.0 cm³/mol. The molecule has 3 heteroatoms. The van der Waals surface area contributed by atoms with Gasteiger partial charge in [-0.2, -0.15) is 0 Å². The Hall–Kier alpha value is -0.275. The van der Waals surface area contributed by atoms with Crippen molar-refractivity contribution in [2.45, 2.75) is 26.1 Å². The van der Waals surface area contributed by atoms with Gasteiger partial charge in [0.2, 0.25) is 0 Å². The Morgan fingerprint density at radius 2 is 2.00 bits per heavy atom. The van der Waals surface area contributed by atoms with E-state index in [4.69, 9.17) is 10.0 Å². The van der Waals surface area contributed by atoms with Crippen LogP contribution in [-0.2, 0) is 0 Å². The minimum Gasteiger partial charge on any atom is -0.427 e. The van der Waals surface area contributed by atoms with E-state index in [-0.39, 0.29) is 0 Å². The topological polar surface area (TPSA) is 40.5 Å². The molecule has 0 radical (unpaired) electrons. The summed E-state index contributed by atoms with van der Waals surface area (Å²) in [4.78, 5) is 0. The zero-order valence-electron chi connectivity index (χ0n) is 5.75. The minimum absolute atomic E-state index is 0.347. The van der Waals surface area contributed by atoms with Gasteiger partial charge in [-0.05, 0) is 12.7 Å².